The highest BCUT2D eigenvalue weighted by atomic mass is 16.5. The van der Waals surface area contributed by atoms with Gasteiger partial charge in [-0.25, -0.2) is 4.98 Å². The number of ether oxygens (including phenoxy) is 3. The van der Waals surface area contributed by atoms with Gasteiger partial charge in [-0.2, -0.15) is 0 Å². The summed E-state index contributed by atoms with van der Waals surface area (Å²) in [5.74, 6) is 1.12. The Morgan fingerprint density at radius 2 is 2.31 bits per heavy atom. The molecule has 0 unspecified atom stereocenters. The maximum absolute atomic E-state index is 5.92. The third kappa shape index (κ3) is 3.54. The number of nitrogens with one attached hydrogen (secondary N) is 2. The van der Waals surface area contributed by atoms with Crippen LogP contribution in [0.2, 0.25) is 0 Å². The predicted octanol–water partition coefficient (Wildman–Crippen LogP) is 2.65. The molecule has 0 amide bonds. The fraction of sp³-hybridized carbons (Fsp3) is 0.500. The zero-order valence-electron chi connectivity index (χ0n) is 16.8. The summed E-state index contributed by atoms with van der Waals surface area (Å²) in [6.45, 7) is 5.55. The summed E-state index contributed by atoms with van der Waals surface area (Å²) >= 11 is 0. The Morgan fingerprint density at radius 3 is 3.24 bits per heavy atom. The van der Waals surface area contributed by atoms with E-state index in [0.717, 1.165) is 37.6 Å². The Morgan fingerprint density at radius 1 is 1.34 bits per heavy atom. The van der Waals surface area contributed by atoms with Gasteiger partial charge in [0, 0.05) is 55.3 Å². The molecular formula is C22H28N4O3. The fourth-order valence-electron chi connectivity index (χ4n) is 4.84. The van der Waals surface area contributed by atoms with Gasteiger partial charge in [-0.15, -0.1) is 0 Å². The molecule has 1 aromatic carbocycles. The van der Waals surface area contributed by atoms with E-state index in [1.807, 2.05) is 12.1 Å². The van der Waals surface area contributed by atoms with Crippen LogP contribution in [0.5, 0.6) is 5.88 Å². The van der Waals surface area contributed by atoms with Crippen LogP contribution in [0.15, 0.2) is 30.5 Å². The maximum atomic E-state index is 5.92. The molecule has 1 aromatic heterocycles. The standard InChI is InChI=1S/C22H28N4O3/c1-27-9-10-29-22-19(3-2-5-24-22)25-16-11-15-14-28-8-7-26-20-4-6-23-13-18(20)17(12-16)21(15)26/h2-3,5,11-12,18,20,23,25H,4,6-10,13-14H2,1H3/t18-,20-/m0/s1. The Bertz CT molecular complexity index is 875. The van der Waals surface area contributed by atoms with Crippen molar-refractivity contribution in [3.63, 3.8) is 0 Å². The molecule has 0 spiro atoms. The van der Waals surface area contributed by atoms with Crippen LogP contribution in [0.25, 0.3) is 0 Å². The number of hydrogen-bond donors (Lipinski definition) is 2. The molecular weight excluding hydrogens is 368 g/mol. The molecule has 0 saturated carbocycles. The van der Waals surface area contributed by atoms with Crippen molar-refractivity contribution in [3.8, 4) is 5.88 Å². The van der Waals surface area contributed by atoms with Crippen molar-refractivity contribution in [2.75, 3.05) is 56.8 Å². The first-order chi connectivity index (χ1) is 14.3. The molecule has 3 aliphatic heterocycles. The summed E-state index contributed by atoms with van der Waals surface area (Å²) < 4.78 is 16.8. The van der Waals surface area contributed by atoms with E-state index >= 15 is 0 Å². The topological polar surface area (TPSA) is 67.9 Å². The number of nitrogens with zero attached hydrogens (tertiary/aromatic N) is 2. The summed E-state index contributed by atoms with van der Waals surface area (Å²) in [6.07, 6.45) is 2.93. The SMILES string of the molecule is COCCOc1ncccc1Nc1cc2c3c(c1)[C@@H]1CNCC[C@@H]1N3CCOC2. The number of fused-ring (bicyclic) bond motifs is 3. The quantitative estimate of drug-likeness (QED) is 0.728. The average molecular weight is 396 g/mol. The summed E-state index contributed by atoms with van der Waals surface area (Å²) in [7, 11) is 1.67. The third-order valence-corrected chi connectivity index (χ3v) is 6.06. The van der Waals surface area contributed by atoms with E-state index in [4.69, 9.17) is 14.2 Å². The number of pyridine rings is 1. The third-order valence-electron chi connectivity index (χ3n) is 6.06. The minimum absolute atomic E-state index is 0.468. The molecule has 4 heterocycles. The molecule has 154 valence electrons. The highest BCUT2D eigenvalue weighted by molar-refractivity contribution is 5.75. The molecule has 0 aliphatic carbocycles. The number of rotatable bonds is 6. The second-order valence-corrected chi connectivity index (χ2v) is 7.81. The highest BCUT2D eigenvalue weighted by Crippen LogP contribution is 2.47. The van der Waals surface area contributed by atoms with Crippen LogP contribution in [-0.2, 0) is 16.1 Å². The lowest BCUT2D eigenvalue weighted by Crippen LogP contribution is -2.44. The highest BCUT2D eigenvalue weighted by Gasteiger charge is 2.41. The van der Waals surface area contributed by atoms with Gasteiger partial charge >= 0.3 is 0 Å². The van der Waals surface area contributed by atoms with E-state index in [2.05, 4.69) is 32.7 Å². The first kappa shape index (κ1) is 18.7. The molecule has 2 aromatic rings. The van der Waals surface area contributed by atoms with Gasteiger partial charge in [-0.05, 0) is 42.8 Å². The Labute approximate surface area is 171 Å². The van der Waals surface area contributed by atoms with Crippen LogP contribution >= 0.6 is 0 Å². The summed E-state index contributed by atoms with van der Waals surface area (Å²) in [5, 5.41) is 7.12. The normalized spacial score (nSPS) is 22.6. The van der Waals surface area contributed by atoms with E-state index in [-0.39, 0.29) is 0 Å². The van der Waals surface area contributed by atoms with Crippen LogP contribution < -0.4 is 20.3 Å². The molecule has 1 saturated heterocycles. The predicted molar refractivity (Wildman–Crippen MR) is 112 cm³/mol. The fourth-order valence-corrected chi connectivity index (χ4v) is 4.84. The van der Waals surface area contributed by atoms with Crippen LogP contribution in [0, 0.1) is 0 Å². The van der Waals surface area contributed by atoms with E-state index in [1.165, 1.54) is 23.2 Å². The first-order valence-electron chi connectivity index (χ1n) is 10.4. The maximum Gasteiger partial charge on any atom is 0.237 e. The molecule has 0 radical (unpaired) electrons. The summed E-state index contributed by atoms with van der Waals surface area (Å²) in [4.78, 5) is 6.98. The van der Waals surface area contributed by atoms with E-state index in [9.17, 15) is 0 Å². The van der Waals surface area contributed by atoms with Crippen LogP contribution in [0.3, 0.4) is 0 Å². The molecule has 2 atom stereocenters. The summed E-state index contributed by atoms with van der Waals surface area (Å²) in [6, 6.07) is 9.01. The van der Waals surface area contributed by atoms with Gasteiger partial charge in [0.1, 0.15) is 12.3 Å². The van der Waals surface area contributed by atoms with Crippen molar-refractivity contribution < 1.29 is 14.2 Å². The van der Waals surface area contributed by atoms with E-state index in [1.54, 1.807) is 13.3 Å². The number of hydrogen-bond acceptors (Lipinski definition) is 7. The van der Waals surface area contributed by atoms with Gasteiger partial charge in [-0.3, -0.25) is 0 Å². The molecule has 7 heteroatoms. The minimum atomic E-state index is 0.468. The van der Waals surface area contributed by atoms with Gasteiger partial charge in [0.25, 0.3) is 0 Å². The van der Waals surface area contributed by atoms with Crippen molar-refractivity contribution in [2.45, 2.75) is 25.0 Å². The van der Waals surface area contributed by atoms with Crippen molar-refractivity contribution in [2.24, 2.45) is 0 Å². The van der Waals surface area contributed by atoms with Gasteiger partial charge in [0.05, 0.1) is 19.8 Å². The number of benzene rings is 1. The van der Waals surface area contributed by atoms with Crippen molar-refractivity contribution in [1.82, 2.24) is 10.3 Å². The van der Waals surface area contributed by atoms with Gasteiger partial charge in [0.2, 0.25) is 5.88 Å². The van der Waals surface area contributed by atoms with Crippen molar-refractivity contribution in [1.29, 1.82) is 0 Å². The van der Waals surface area contributed by atoms with Crippen molar-refractivity contribution >= 4 is 17.1 Å². The van der Waals surface area contributed by atoms with Gasteiger partial charge in [0.15, 0.2) is 0 Å². The van der Waals surface area contributed by atoms with E-state index in [0.29, 0.717) is 37.7 Å². The molecule has 5 rings (SSSR count). The molecule has 1 fully saturated rings. The average Bonchev–Trinajstić information content (AvgIpc) is 2.91. The zero-order valence-corrected chi connectivity index (χ0v) is 16.8. The van der Waals surface area contributed by atoms with Crippen molar-refractivity contribution in [3.05, 3.63) is 41.6 Å². The Hall–Kier alpha value is -2.35. The molecule has 3 aliphatic rings. The lowest BCUT2D eigenvalue weighted by Gasteiger charge is -2.33. The Balaban J connectivity index is 1.47. The largest absolute Gasteiger partial charge is 0.474 e. The zero-order chi connectivity index (χ0) is 19.6. The lowest BCUT2D eigenvalue weighted by molar-refractivity contribution is 0.130. The monoisotopic (exact) mass is 396 g/mol. The minimum Gasteiger partial charge on any atom is -0.474 e. The number of piperidine rings is 1. The second-order valence-electron chi connectivity index (χ2n) is 7.81. The lowest BCUT2D eigenvalue weighted by atomic mass is 9.89. The van der Waals surface area contributed by atoms with Gasteiger partial charge in [-0.1, -0.05) is 0 Å². The molecule has 0 bridgehead atoms. The first-order valence-corrected chi connectivity index (χ1v) is 10.4. The van der Waals surface area contributed by atoms with E-state index < -0.39 is 0 Å². The molecule has 29 heavy (non-hydrogen) atoms. The summed E-state index contributed by atoms with van der Waals surface area (Å²) in [5.41, 5.74) is 6.01. The second kappa shape index (κ2) is 8.18. The smallest absolute Gasteiger partial charge is 0.237 e. The number of anilines is 3. The van der Waals surface area contributed by atoms with Gasteiger partial charge < -0.3 is 29.7 Å². The van der Waals surface area contributed by atoms with Crippen LogP contribution in [-0.4, -0.2) is 57.6 Å². The molecule has 2 N–H and O–H groups in total. The number of aromatic nitrogens is 1. The van der Waals surface area contributed by atoms with Crippen LogP contribution in [0.1, 0.15) is 23.5 Å². The van der Waals surface area contributed by atoms with Crippen LogP contribution in [0.4, 0.5) is 17.1 Å². The molecule has 7 nitrogen and oxygen atoms in total. The Kier molecular flexibility index (Phi) is 5.26. The number of methoxy groups -OCH3 is 1.